The second kappa shape index (κ2) is 9.22. The largest absolute Gasteiger partial charge is 0.457 e. The van der Waals surface area contributed by atoms with Crippen LogP contribution < -0.4 is 10.2 Å². The molecule has 0 spiro atoms. The highest BCUT2D eigenvalue weighted by atomic mass is 35.5. The Morgan fingerprint density at radius 1 is 1.00 bits per heavy atom. The maximum atomic E-state index is 12.9. The van der Waals surface area contributed by atoms with Gasteiger partial charge >= 0.3 is 12.1 Å². The minimum atomic E-state index is -1.11. The summed E-state index contributed by atoms with van der Waals surface area (Å²) in [5.41, 5.74) is -0.492. The molecule has 3 aromatic rings. The molecule has 2 aromatic heterocycles. The third kappa shape index (κ3) is 6.55. The maximum Gasteiger partial charge on any atom is 0.414 e. The number of hydrogen-bond acceptors (Lipinski definition) is 8. The number of rotatable bonds is 5. The summed E-state index contributed by atoms with van der Waals surface area (Å²) in [6.07, 6.45) is -0.553. The molecule has 0 bridgehead atoms. The fourth-order valence-corrected chi connectivity index (χ4v) is 2.92. The molecular formula is C22H26ClN5O5. The topological polar surface area (TPSA) is 117 Å². The summed E-state index contributed by atoms with van der Waals surface area (Å²) in [6, 6.07) is 8.87. The van der Waals surface area contributed by atoms with Crippen molar-refractivity contribution in [3.8, 4) is 0 Å². The molecule has 10 nitrogen and oxygen atoms in total. The van der Waals surface area contributed by atoms with Crippen LogP contribution in [-0.2, 0) is 14.3 Å². The Bertz CT molecular complexity index is 1150. The van der Waals surface area contributed by atoms with Crippen LogP contribution >= 0.6 is 11.6 Å². The number of hydrogen-bond donors (Lipinski definition) is 1. The van der Waals surface area contributed by atoms with E-state index in [1.807, 2.05) is 6.07 Å². The molecule has 0 aliphatic rings. The summed E-state index contributed by atoms with van der Waals surface area (Å²) >= 11 is 6.23. The minimum Gasteiger partial charge on any atom is -0.457 e. The fourth-order valence-electron chi connectivity index (χ4n) is 2.71. The molecule has 1 N–H and O–H groups in total. The van der Waals surface area contributed by atoms with Gasteiger partial charge in [-0.2, -0.15) is 14.7 Å². The Morgan fingerprint density at radius 2 is 1.64 bits per heavy atom. The van der Waals surface area contributed by atoms with Crippen molar-refractivity contribution < 1.29 is 23.9 Å². The van der Waals surface area contributed by atoms with Crippen LogP contribution in [0, 0.1) is 0 Å². The Morgan fingerprint density at radius 3 is 2.24 bits per heavy atom. The summed E-state index contributed by atoms with van der Waals surface area (Å²) in [5.74, 6) is -0.705. The fraction of sp³-hybridized carbons (Fsp3) is 0.409. The zero-order valence-electron chi connectivity index (χ0n) is 19.2. The maximum absolute atomic E-state index is 12.9. The lowest BCUT2D eigenvalue weighted by Gasteiger charge is -2.24. The first kappa shape index (κ1) is 24.2. The average Bonchev–Trinajstić information content (AvgIpc) is 3.07. The van der Waals surface area contributed by atoms with Crippen molar-refractivity contribution in [2.75, 3.05) is 5.32 Å². The van der Waals surface area contributed by atoms with E-state index in [1.54, 1.807) is 65.8 Å². The zero-order chi connectivity index (χ0) is 24.4. The van der Waals surface area contributed by atoms with Crippen LogP contribution in [0.4, 0.5) is 10.7 Å². The first-order chi connectivity index (χ1) is 15.3. The number of halogens is 1. The number of benzene rings is 1. The number of anilines is 1. The van der Waals surface area contributed by atoms with Crippen molar-refractivity contribution in [1.82, 2.24) is 19.7 Å². The van der Waals surface area contributed by atoms with Gasteiger partial charge in [0.05, 0.1) is 0 Å². The van der Waals surface area contributed by atoms with Gasteiger partial charge < -0.3 is 14.3 Å². The van der Waals surface area contributed by atoms with Gasteiger partial charge in [-0.1, -0.05) is 41.9 Å². The van der Waals surface area contributed by atoms with E-state index in [-0.39, 0.29) is 22.3 Å². The number of amides is 1. The number of nitrogens with one attached hydrogen (secondary N) is 1. The molecule has 1 unspecified atom stereocenters. The molecular weight excluding hydrogens is 450 g/mol. The lowest BCUT2D eigenvalue weighted by atomic mass is 10.1. The standard InChI is InChI=1S/C22H26ClN5O5/c1-21(2,3)31-18(29)15(13-10-8-7-9-11-13)33-28-12-24-14-16(23)25-19(26-17(14)28)27-20(30)32-22(4,5)6/h7-12,15H,1-6H3,(H,25,26,27,30). The Labute approximate surface area is 196 Å². The minimum absolute atomic E-state index is 0.0121. The molecule has 0 radical (unpaired) electrons. The van der Waals surface area contributed by atoms with Crippen molar-refractivity contribution >= 4 is 40.8 Å². The summed E-state index contributed by atoms with van der Waals surface area (Å²) in [7, 11) is 0. The van der Waals surface area contributed by atoms with Crippen molar-refractivity contribution in [1.29, 1.82) is 0 Å². The van der Waals surface area contributed by atoms with Gasteiger partial charge in [0, 0.05) is 5.56 Å². The Kier molecular flexibility index (Phi) is 6.78. The Balaban J connectivity index is 1.95. The molecule has 33 heavy (non-hydrogen) atoms. The normalized spacial score (nSPS) is 12.8. The van der Waals surface area contributed by atoms with E-state index in [0.29, 0.717) is 5.56 Å². The summed E-state index contributed by atoms with van der Waals surface area (Å²) in [6.45, 7) is 10.5. The molecule has 3 rings (SSSR count). The van der Waals surface area contributed by atoms with Crippen LogP contribution in [0.1, 0.15) is 53.2 Å². The number of fused-ring (bicyclic) bond motifs is 1. The summed E-state index contributed by atoms with van der Waals surface area (Å²) < 4.78 is 11.9. The highest BCUT2D eigenvalue weighted by molar-refractivity contribution is 6.33. The van der Waals surface area contributed by atoms with Gasteiger partial charge in [-0.3, -0.25) is 5.32 Å². The molecule has 0 aliphatic carbocycles. The number of nitrogens with zero attached hydrogens (tertiary/aromatic N) is 4. The number of aromatic nitrogens is 4. The van der Waals surface area contributed by atoms with Gasteiger partial charge in [0.2, 0.25) is 17.7 Å². The van der Waals surface area contributed by atoms with E-state index < -0.39 is 29.4 Å². The summed E-state index contributed by atoms with van der Waals surface area (Å²) in [5, 5.41) is 2.42. The quantitative estimate of drug-likeness (QED) is 0.427. The van der Waals surface area contributed by atoms with Crippen LogP contribution in [0.2, 0.25) is 5.15 Å². The van der Waals surface area contributed by atoms with Crippen LogP contribution in [0.15, 0.2) is 36.7 Å². The third-order valence-corrected chi connectivity index (χ3v) is 4.14. The zero-order valence-corrected chi connectivity index (χ0v) is 20.0. The van der Waals surface area contributed by atoms with Gasteiger partial charge in [-0.15, -0.1) is 0 Å². The molecule has 1 amide bonds. The third-order valence-electron chi connectivity index (χ3n) is 3.88. The number of esters is 1. The van der Waals surface area contributed by atoms with Crippen molar-refractivity contribution in [3.63, 3.8) is 0 Å². The van der Waals surface area contributed by atoms with Crippen LogP contribution in [-0.4, -0.2) is 42.9 Å². The second-order valence-corrected chi connectivity index (χ2v) is 9.50. The lowest BCUT2D eigenvalue weighted by Crippen LogP contribution is -2.33. The monoisotopic (exact) mass is 475 g/mol. The van der Waals surface area contributed by atoms with Gasteiger partial charge in [-0.05, 0) is 41.5 Å². The van der Waals surface area contributed by atoms with E-state index in [0.717, 1.165) is 0 Å². The first-order valence-electron chi connectivity index (χ1n) is 10.2. The second-order valence-electron chi connectivity index (χ2n) is 9.14. The van der Waals surface area contributed by atoms with Crippen molar-refractivity contribution in [2.24, 2.45) is 0 Å². The molecule has 11 heteroatoms. The number of carbonyl (C=O) groups excluding carboxylic acids is 2. The van der Waals surface area contributed by atoms with Gasteiger partial charge in [0.15, 0.2) is 5.15 Å². The Hall–Kier alpha value is -3.40. The van der Waals surface area contributed by atoms with E-state index in [9.17, 15) is 9.59 Å². The molecule has 0 saturated carbocycles. The van der Waals surface area contributed by atoms with Crippen molar-refractivity contribution in [2.45, 2.75) is 58.8 Å². The predicted molar refractivity (Wildman–Crippen MR) is 122 cm³/mol. The predicted octanol–water partition coefficient (Wildman–Crippen LogP) is 4.34. The number of ether oxygens (including phenoxy) is 2. The highest BCUT2D eigenvalue weighted by Gasteiger charge is 2.30. The van der Waals surface area contributed by atoms with E-state index >= 15 is 0 Å². The average molecular weight is 476 g/mol. The molecule has 176 valence electrons. The molecule has 0 fully saturated rings. The van der Waals surface area contributed by atoms with E-state index in [4.69, 9.17) is 25.9 Å². The summed E-state index contributed by atoms with van der Waals surface area (Å²) in [4.78, 5) is 43.4. The van der Waals surface area contributed by atoms with Crippen LogP contribution in [0.25, 0.3) is 11.2 Å². The molecule has 2 heterocycles. The SMILES string of the molecule is CC(C)(C)OC(=O)Nc1nc(Cl)c2ncn(OC(C(=O)OC(C)(C)C)c3ccccc3)c2n1. The molecule has 1 atom stereocenters. The van der Waals surface area contributed by atoms with Crippen molar-refractivity contribution in [3.05, 3.63) is 47.4 Å². The first-order valence-corrected chi connectivity index (χ1v) is 10.6. The number of imidazole rings is 1. The molecule has 1 aromatic carbocycles. The lowest BCUT2D eigenvalue weighted by molar-refractivity contribution is -0.169. The van der Waals surface area contributed by atoms with Crippen LogP contribution in [0.5, 0.6) is 0 Å². The smallest absolute Gasteiger partial charge is 0.414 e. The van der Waals surface area contributed by atoms with Gasteiger partial charge in [0.25, 0.3) is 0 Å². The van der Waals surface area contributed by atoms with Crippen LogP contribution in [0.3, 0.4) is 0 Å². The van der Waals surface area contributed by atoms with E-state index in [1.165, 1.54) is 11.1 Å². The highest BCUT2D eigenvalue weighted by Crippen LogP contribution is 2.24. The molecule has 0 saturated heterocycles. The van der Waals surface area contributed by atoms with E-state index in [2.05, 4.69) is 20.3 Å². The number of carbonyl (C=O) groups is 2. The van der Waals surface area contributed by atoms with Gasteiger partial charge in [-0.25, -0.2) is 14.6 Å². The van der Waals surface area contributed by atoms with Gasteiger partial charge in [0.1, 0.15) is 23.0 Å². The molecule has 0 aliphatic heterocycles.